The zero-order chi connectivity index (χ0) is 7.94. The summed E-state index contributed by atoms with van der Waals surface area (Å²) in [6.45, 7) is 0.713. The van der Waals surface area contributed by atoms with E-state index in [4.69, 9.17) is 4.74 Å². The van der Waals surface area contributed by atoms with Crippen LogP contribution < -0.4 is 5.32 Å². The van der Waals surface area contributed by atoms with Crippen molar-refractivity contribution in [1.82, 2.24) is 5.32 Å². The Bertz CT molecular complexity index is 87.6. The zero-order valence-corrected chi connectivity index (χ0v) is 7.44. The van der Waals surface area contributed by atoms with Crippen LogP contribution in [0.4, 0.5) is 0 Å². The summed E-state index contributed by atoms with van der Waals surface area (Å²) in [5, 5.41) is 3.39. The number of hydrogen-bond donors (Lipinski definition) is 1. The maximum Gasteiger partial charge on any atom is 0.0963 e. The van der Waals surface area contributed by atoms with Gasteiger partial charge in [-0.25, -0.2) is 0 Å². The number of hydrogen-bond acceptors (Lipinski definition) is 2. The highest BCUT2D eigenvalue weighted by atomic mass is 16.5. The van der Waals surface area contributed by atoms with Crippen molar-refractivity contribution < 1.29 is 4.74 Å². The van der Waals surface area contributed by atoms with E-state index >= 15 is 0 Å². The predicted octanol–water partition coefficient (Wildman–Crippen LogP) is 1.90. The summed E-state index contributed by atoms with van der Waals surface area (Å²) in [5.74, 6) is 0. The van der Waals surface area contributed by atoms with Crippen LogP contribution in [0.2, 0.25) is 0 Å². The summed E-state index contributed by atoms with van der Waals surface area (Å²) < 4.78 is 4.97. The second-order valence-electron chi connectivity index (χ2n) is 3.33. The van der Waals surface area contributed by atoms with Gasteiger partial charge in [-0.05, 0) is 12.8 Å². The number of methoxy groups -OCH3 is 1. The molecule has 2 nitrogen and oxygen atoms in total. The highest BCUT2D eigenvalue weighted by Gasteiger charge is 2.10. The van der Waals surface area contributed by atoms with E-state index in [1.165, 1.54) is 38.5 Å². The number of nitrogens with one attached hydrogen (secondary N) is 1. The largest absolute Gasteiger partial charge is 0.370 e. The first kappa shape index (κ1) is 9.01. The molecule has 0 heterocycles. The standard InChI is InChI=1S/C9H19NO/c1-11-8-10-9-6-4-2-3-5-7-9/h9-10H,2-8H2,1H3. The van der Waals surface area contributed by atoms with Crippen molar-refractivity contribution in [2.75, 3.05) is 13.8 Å². The van der Waals surface area contributed by atoms with Crippen molar-refractivity contribution in [1.29, 1.82) is 0 Å². The smallest absolute Gasteiger partial charge is 0.0963 e. The Balaban J connectivity index is 2.09. The molecule has 0 amide bonds. The van der Waals surface area contributed by atoms with E-state index in [0.717, 1.165) is 6.04 Å². The quantitative estimate of drug-likeness (QED) is 0.499. The van der Waals surface area contributed by atoms with Crippen LogP contribution in [0.5, 0.6) is 0 Å². The Hall–Kier alpha value is -0.0800. The lowest BCUT2D eigenvalue weighted by molar-refractivity contribution is 0.160. The van der Waals surface area contributed by atoms with Gasteiger partial charge < -0.3 is 4.74 Å². The summed E-state index contributed by atoms with van der Waals surface area (Å²) in [5.41, 5.74) is 0. The lowest BCUT2D eigenvalue weighted by Crippen LogP contribution is -2.29. The van der Waals surface area contributed by atoms with Gasteiger partial charge in [-0.3, -0.25) is 5.32 Å². The maximum absolute atomic E-state index is 4.97. The molecule has 0 atom stereocenters. The Labute approximate surface area is 69.3 Å². The predicted molar refractivity (Wildman–Crippen MR) is 46.5 cm³/mol. The molecule has 0 aromatic rings. The first-order valence-corrected chi connectivity index (χ1v) is 4.66. The van der Waals surface area contributed by atoms with E-state index in [9.17, 15) is 0 Å². The minimum Gasteiger partial charge on any atom is -0.370 e. The first-order valence-electron chi connectivity index (χ1n) is 4.66. The Morgan fingerprint density at radius 1 is 1.18 bits per heavy atom. The van der Waals surface area contributed by atoms with Crippen molar-refractivity contribution in [3.8, 4) is 0 Å². The monoisotopic (exact) mass is 157 g/mol. The van der Waals surface area contributed by atoms with Crippen LogP contribution in [-0.2, 0) is 4.74 Å². The molecule has 1 N–H and O–H groups in total. The van der Waals surface area contributed by atoms with Crippen LogP contribution in [0.15, 0.2) is 0 Å². The third-order valence-corrected chi connectivity index (χ3v) is 2.37. The minimum atomic E-state index is 0.713. The molecule has 66 valence electrons. The van der Waals surface area contributed by atoms with Gasteiger partial charge in [-0.2, -0.15) is 0 Å². The fourth-order valence-corrected chi connectivity index (χ4v) is 1.68. The van der Waals surface area contributed by atoms with E-state index in [-0.39, 0.29) is 0 Å². The molecule has 0 aromatic heterocycles. The lowest BCUT2D eigenvalue weighted by atomic mass is 10.1. The van der Waals surface area contributed by atoms with E-state index in [1.807, 2.05) is 0 Å². The van der Waals surface area contributed by atoms with Crippen molar-refractivity contribution in [2.24, 2.45) is 0 Å². The molecule has 0 bridgehead atoms. The highest BCUT2D eigenvalue weighted by molar-refractivity contribution is 4.68. The average Bonchev–Trinajstić information content (AvgIpc) is 2.28. The highest BCUT2D eigenvalue weighted by Crippen LogP contribution is 2.16. The first-order chi connectivity index (χ1) is 5.43. The fraction of sp³-hybridized carbons (Fsp3) is 1.00. The van der Waals surface area contributed by atoms with Crippen molar-refractivity contribution >= 4 is 0 Å². The van der Waals surface area contributed by atoms with Crippen molar-refractivity contribution in [3.05, 3.63) is 0 Å². The SMILES string of the molecule is COCNC1CCCCCC1. The summed E-state index contributed by atoms with van der Waals surface area (Å²) in [7, 11) is 1.74. The molecule has 1 fully saturated rings. The molecule has 0 radical (unpaired) electrons. The molecule has 11 heavy (non-hydrogen) atoms. The van der Waals surface area contributed by atoms with Gasteiger partial charge in [0.05, 0.1) is 6.73 Å². The molecule has 0 aliphatic heterocycles. The third kappa shape index (κ3) is 3.73. The third-order valence-electron chi connectivity index (χ3n) is 2.37. The number of ether oxygens (including phenoxy) is 1. The van der Waals surface area contributed by atoms with Crippen LogP contribution in [0.1, 0.15) is 38.5 Å². The van der Waals surface area contributed by atoms with Crippen LogP contribution in [0.3, 0.4) is 0 Å². The zero-order valence-electron chi connectivity index (χ0n) is 7.44. The van der Waals surface area contributed by atoms with E-state index in [2.05, 4.69) is 5.32 Å². The van der Waals surface area contributed by atoms with Gasteiger partial charge in [0.25, 0.3) is 0 Å². The summed E-state index contributed by atoms with van der Waals surface area (Å²) in [6, 6.07) is 0.720. The summed E-state index contributed by atoms with van der Waals surface area (Å²) >= 11 is 0. The van der Waals surface area contributed by atoms with Gasteiger partial charge in [0.1, 0.15) is 0 Å². The molecule has 1 rings (SSSR count). The lowest BCUT2D eigenvalue weighted by Gasteiger charge is -2.14. The Morgan fingerprint density at radius 3 is 2.36 bits per heavy atom. The second-order valence-corrected chi connectivity index (χ2v) is 3.33. The van der Waals surface area contributed by atoms with E-state index in [1.54, 1.807) is 7.11 Å². The molecule has 1 aliphatic carbocycles. The van der Waals surface area contributed by atoms with Gasteiger partial charge in [-0.15, -0.1) is 0 Å². The Kier molecular flexibility index (Phi) is 4.55. The molecular formula is C9H19NO. The van der Waals surface area contributed by atoms with Crippen LogP contribution >= 0.6 is 0 Å². The molecule has 0 spiro atoms. The molecule has 2 heteroatoms. The molecule has 1 aliphatic rings. The van der Waals surface area contributed by atoms with Gasteiger partial charge >= 0.3 is 0 Å². The van der Waals surface area contributed by atoms with Gasteiger partial charge in [-0.1, -0.05) is 25.7 Å². The van der Waals surface area contributed by atoms with Crippen LogP contribution in [-0.4, -0.2) is 19.9 Å². The van der Waals surface area contributed by atoms with Gasteiger partial charge in [0.15, 0.2) is 0 Å². The average molecular weight is 157 g/mol. The van der Waals surface area contributed by atoms with Crippen LogP contribution in [0.25, 0.3) is 0 Å². The molecular weight excluding hydrogens is 138 g/mol. The van der Waals surface area contributed by atoms with Gasteiger partial charge in [0, 0.05) is 13.2 Å². The molecule has 0 aromatic carbocycles. The molecule has 1 saturated carbocycles. The minimum absolute atomic E-state index is 0.713. The topological polar surface area (TPSA) is 21.3 Å². The molecule has 0 unspecified atom stereocenters. The summed E-state index contributed by atoms with van der Waals surface area (Å²) in [4.78, 5) is 0. The van der Waals surface area contributed by atoms with E-state index in [0.29, 0.717) is 6.73 Å². The normalized spacial score (nSPS) is 21.5. The van der Waals surface area contributed by atoms with Gasteiger partial charge in [0.2, 0.25) is 0 Å². The summed E-state index contributed by atoms with van der Waals surface area (Å²) in [6.07, 6.45) is 8.30. The number of rotatable bonds is 3. The van der Waals surface area contributed by atoms with E-state index < -0.39 is 0 Å². The van der Waals surface area contributed by atoms with Crippen LogP contribution in [0, 0.1) is 0 Å². The fourth-order valence-electron chi connectivity index (χ4n) is 1.68. The van der Waals surface area contributed by atoms with Crippen molar-refractivity contribution in [2.45, 2.75) is 44.6 Å². The van der Waals surface area contributed by atoms with Crippen molar-refractivity contribution in [3.63, 3.8) is 0 Å². The second kappa shape index (κ2) is 5.56. The Morgan fingerprint density at radius 2 is 1.82 bits per heavy atom. The maximum atomic E-state index is 4.97. The molecule has 0 saturated heterocycles.